The highest BCUT2D eigenvalue weighted by atomic mass is 28.4. The number of hydrogen-bond donors (Lipinski definition) is 1. The third kappa shape index (κ3) is 10.5. The standard InChI is InChI=1S/C38H66O9Si2/c1-11-49(12-2,13-3)47-34(25-42-48(9,10)38(6,7)8)31-21-30-29(43-31)22-33-37(44-30)27(5)20-19-26(4)36(40)32(45-46-33)23-35(39)41-24-28-17-15-14-16-18-28/h14-18,26-27,29-34,36-37,40H,11-13,19-25H2,1-10H3/t26-,27-,29+,30+,31?,32-,33-,34?,36-,37-/m0/s1. The van der Waals surface area contributed by atoms with Crippen LogP contribution in [0.25, 0.3) is 0 Å². The molecule has 9 nitrogen and oxygen atoms in total. The third-order valence-corrected chi connectivity index (χ3v) is 21.2. The van der Waals surface area contributed by atoms with Gasteiger partial charge in [0, 0.05) is 12.8 Å². The van der Waals surface area contributed by atoms with Gasteiger partial charge in [-0.2, -0.15) is 0 Å². The van der Waals surface area contributed by atoms with Gasteiger partial charge in [-0.25, -0.2) is 9.78 Å². The van der Waals surface area contributed by atoms with Crippen molar-refractivity contribution in [3.05, 3.63) is 35.9 Å². The van der Waals surface area contributed by atoms with Gasteiger partial charge in [-0.15, -0.1) is 0 Å². The molecule has 0 bridgehead atoms. The Labute approximate surface area is 298 Å². The molecular formula is C38H66O9Si2. The van der Waals surface area contributed by atoms with E-state index in [4.69, 9.17) is 32.8 Å². The molecule has 0 aliphatic carbocycles. The minimum Gasteiger partial charge on any atom is -0.461 e. The fraction of sp³-hybridized carbons (Fsp3) is 0.816. The number of ether oxygens (including phenoxy) is 3. The predicted molar refractivity (Wildman–Crippen MR) is 196 cm³/mol. The Morgan fingerprint density at radius 1 is 0.918 bits per heavy atom. The maximum Gasteiger partial charge on any atom is 0.308 e. The van der Waals surface area contributed by atoms with Gasteiger partial charge in [-0.05, 0) is 66.5 Å². The monoisotopic (exact) mass is 722 g/mol. The minimum absolute atomic E-state index is 0.0769. The van der Waals surface area contributed by atoms with E-state index in [0.29, 0.717) is 13.0 Å². The molecule has 0 aromatic heterocycles. The van der Waals surface area contributed by atoms with Crippen molar-refractivity contribution in [2.45, 2.75) is 179 Å². The summed E-state index contributed by atoms with van der Waals surface area (Å²) in [4.78, 5) is 25.0. The van der Waals surface area contributed by atoms with Crippen molar-refractivity contribution in [1.29, 1.82) is 0 Å². The highest BCUT2D eigenvalue weighted by Gasteiger charge is 2.51. The topological polar surface area (TPSA) is 102 Å². The second kappa shape index (κ2) is 17.6. The fourth-order valence-electron chi connectivity index (χ4n) is 7.17. The molecule has 3 aliphatic rings. The van der Waals surface area contributed by atoms with Gasteiger partial charge in [0.05, 0.1) is 49.7 Å². The molecule has 0 spiro atoms. The lowest BCUT2D eigenvalue weighted by Gasteiger charge is -2.42. The molecule has 0 radical (unpaired) electrons. The normalized spacial score (nSPS) is 32.2. The Balaban J connectivity index is 1.47. The van der Waals surface area contributed by atoms with Gasteiger partial charge in [0.2, 0.25) is 0 Å². The smallest absolute Gasteiger partial charge is 0.308 e. The molecule has 280 valence electrons. The van der Waals surface area contributed by atoms with Gasteiger partial charge >= 0.3 is 5.97 Å². The van der Waals surface area contributed by atoms with Crippen molar-refractivity contribution in [1.82, 2.24) is 0 Å². The molecule has 2 unspecified atom stereocenters. The lowest BCUT2D eigenvalue weighted by atomic mass is 9.84. The van der Waals surface area contributed by atoms with Gasteiger partial charge in [0.1, 0.15) is 18.8 Å². The van der Waals surface area contributed by atoms with Crippen LogP contribution in [0.2, 0.25) is 36.3 Å². The second-order valence-electron chi connectivity index (χ2n) is 16.4. The number of hydrogen-bond acceptors (Lipinski definition) is 9. The molecule has 49 heavy (non-hydrogen) atoms. The molecular weight excluding hydrogens is 657 g/mol. The molecule has 3 fully saturated rings. The summed E-state index contributed by atoms with van der Waals surface area (Å²) in [6.45, 7) is 23.1. The molecule has 3 saturated heterocycles. The number of fused-ring (bicyclic) bond motifs is 2. The van der Waals surface area contributed by atoms with Crippen LogP contribution >= 0.6 is 0 Å². The molecule has 10 atom stereocenters. The number of carbonyl (C=O) groups excluding carboxylic acids is 1. The van der Waals surface area contributed by atoms with Gasteiger partial charge in [0.25, 0.3) is 0 Å². The summed E-state index contributed by atoms with van der Waals surface area (Å²) in [5.74, 6) is -0.349. The van der Waals surface area contributed by atoms with Crippen molar-refractivity contribution in [3.8, 4) is 0 Å². The Hall–Kier alpha value is -1.16. The van der Waals surface area contributed by atoms with Crippen LogP contribution in [0.1, 0.15) is 93.1 Å². The van der Waals surface area contributed by atoms with E-state index in [2.05, 4.69) is 61.6 Å². The van der Waals surface area contributed by atoms with Crippen LogP contribution < -0.4 is 0 Å². The molecule has 1 N–H and O–H groups in total. The van der Waals surface area contributed by atoms with E-state index in [0.717, 1.165) is 43.0 Å². The Morgan fingerprint density at radius 3 is 2.18 bits per heavy atom. The molecule has 3 aliphatic heterocycles. The van der Waals surface area contributed by atoms with E-state index >= 15 is 0 Å². The number of carbonyl (C=O) groups is 1. The Morgan fingerprint density at radius 2 is 1.55 bits per heavy atom. The molecule has 1 aromatic carbocycles. The summed E-state index contributed by atoms with van der Waals surface area (Å²) in [5, 5.41) is 11.3. The summed E-state index contributed by atoms with van der Waals surface area (Å²) < 4.78 is 33.1. The molecule has 1 aromatic rings. The maximum atomic E-state index is 12.9. The fourth-order valence-corrected chi connectivity index (χ4v) is 11.0. The van der Waals surface area contributed by atoms with E-state index in [1.54, 1.807) is 0 Å². The molecule has 4 rings (SSSR count). The number of rotatable bonds is 13. The van der Waals surface area contributed by atoms with Gasteiger partial charge in [-0.3, -0.25) is 4.79 Å². The first-order valence-corrected chi connectivity index (χ1v) is 24.4. The first-order chi connectivity index (χ1) is 23.1. The number of benzene rings is 1. The quantitative estimate of drug-likeness (QED) is 0.123. The Kier molecular flexibility index (Phi) is 14.6. The summed E-state index contributed by atoms with van der Waals surface area (Å²) in [6, 6.07) is 12.7. The zero-order valence-corrected chi connectivity index (χ0v) is 33.9. The molecule has 11 heteroatoms. The zero-order valence-electron chi connectivity index (χ0n) is 31.9. The predicted octanol–water partition coefficient (Wildman–Crippen LogP) is 7.96. The molecule has 0 amide bonds. The minimum atomic E-state index is -2.01. The second-order valence-corrected chi connectivity index (χ2v) is 26.0. The first-order valence-electron chi connectivity index (χ1n) is 18.9. The van der Waals surface area contributed by atoms with Crippen molar-refractivity contribution in [2.75, 3.05) is 6.61 Å². The van der Waals surface area contributed by atoms with Gasteiger partial charge in [-0.1, -0.05) is 85.7 Å². The van der Waals surface area contributed by atoms with E-state index in [1.807, 2.05) is 37.3 Å². The number of esters is 1. The lowest BCUT2D eigenvalue weighted by molar-refractivity contribution is -0.393. The first kappa shape index (κ1) is 40.6. The largest absolute Gasteiger partial charge is 0.461 e. The summed E-state index contributed by atoms with van der Waals surface area (Å²) in [6.07, 6.45) is -0.0239. The lowest BCUT2D eigenvalue weighted by Crippen LogP contribution is -2.51. The highest BCUT2D eigenvalue weighted by molar-refractivity contribution is 6.74. The van der Waals surface area contributed by atoms with Crippen molar-refractivity contribution < 1.29 is 42.7 Å². The summed E-state index contributed by atoms with van der Waals surface area (Å²) >= 11 is 0. The summed E-state index contributed by atoms with van der Waals surface area (Å²) in [7, 11) is -3.97. The Bertz CT molecular complexity index is 1150. The number of aliphatic hydroxyl groups excluding tert-OH is 1. The van der Waals surface area contributed by atoms with Crippen LogP contribution in [0, 0.1) is 11.8 Å². The molecule has 0 saturated carbocycles. The highest BCUT2D eigenvalue weighted by Crippen LogP contribution is 2.42. The van der Waals surface area contributed by atoms with Crippen LogP contribution in [0.4, 0.5) is 0 Å². The van der Waals surface area contributed by atoms with Crippen LogP contribution in [0.3, 0.4) is 0 Å². The van der Waals surface area contributed by atoms with E-state index in [9.17, 15) is 9.90 Å². The van der Waals surface area contributed by atoms with Crippen LogP contribution in [0.15, 0.2) is 30.3 Å². The average Bonchev–Trinajstić information content (AvgIpc) is 3.50. The van der Waals surface area contributed by atoms with Gasteiger partial charge in [0.15, 0.2) is 16.6 Å². The van der Waals surface area contributed by atoms with Gasteiger partial charge < -0.3 is 28.2 Å². The van der Waals surface area contributed by atoms with Crippen molar-refractivity contribution in [3.63, 3.8) is 0 Å². The average molecular weight is 723 g/mol. The van der Waals surface area contributed by atoms with E-state index < -0.39 is 40.9 Å². The third-order valence-electron chi connectivity index (χ3n) is 12.1. The van der Waals surface area contributed by atoms with E-state index in [-0.39, 0.29) is 60.4 Å². The SMILES string of the molecule is CC[Si](CC)(CC)OC(CO[Si](C)(C)C(C)(C)C)C1C[C@H]2O[C@@H]3[C@H](C[C@H]2O1)OO[C@@H](CC(=O)OCc1ccccc1)[C@@H](O)[C@@H](C)CC[C@@H]3C. The summed E-state index contributed by atoms with van der Waals surface area (Å²) in [5.41, 5.74) is 0.903. The van der Waals surface area contributed by atoms with Crippen LogP contribution in [-0.2, 0) is 44.2 Å². The van der Waals surface area contributed by atoms with E-state index in [1.165, 1.54) is 0 Å². The van der Waals surface area contributed by atoms with Crippen LogP contribution in [-0.4, -0.2) is 83.1 Å². The molecule has 3 heterocycles. The van der Waals surface area contributed by atoms with Crippen molar-refractivity contribution in [2.24, 2.45) is 11.8 Å². The van der Waals surface area contributed by atoms with Crippen LogP contribution in [0.5, 0.6) is 0 Å². The zero-order chi connectivity index (χ0) is 36.0. The number of aliphatic hydroxyl groups is 1. The van der Waals surface area contributed by atoms with Crippen molar-refractivity contribution >= 4 is 22.6 Å². The maximum absolute atomic E-state index is 12.9.